The van der Waals surface area contributed by atoms with Crippen molar-refractivity contribution in [3.63, 3.8) is 0 Å². The van der Waals surface area contributed by atoms with E-state index >= 15 is 0 Å². The van der Waals surface area contributed by atoms with Crippen LogP contribution >= 0.6 is 0 Å². The Balaban J connectivity index is 2.13. The van der Waals surface area contributed by atoms with Crippen molar-refractivity contribution < 1.29 is 8.78 Å². The van der Waals surface area contributed by atoms with Gasteiger partial charge in [0, 0.05) is 25.4 Å². The van der Waals surface area contributed by atoms with Crippen LogP contribution in [0, 0.1) is 11.8 Å². The van der Waals surface area contributed by atoms with Crippen molar-refractivity contribution in [1.29, 1.82) is 0 Å². The predicted octanol–water partition coefficient (Wildman–Crippen LogP) is 1.23. The van der Waals surface area contributed by atoms with Gasteiger partial charge in [-0.05, 0) is 18.8 Å². The molecule has 4 heteroatoms. The van der Waals surface area contributed by atoms with Gasteiger partial charge in [0.25, 0.3) is 5.92 Å². The van der Waals surface area contributed by atoms with Crippen LogP contribution in [0.5, 0.6) is 0 Å². The predicted molar refractivity (Wildman–Crippen MR) is 41.5 cm³/mol. The molecule has 70 valence electrons. The van der Waals surface area contributed by atoms with Gasteiger partial charge >= 0.3 is 0 Å². The fraction of sp³-hybridized carbons (Fsp3) is 1.00. The molecular formula is C8H14F2N2. The standard InChI is InChI=1S/C8H14F2N2/c9-8(10)3-1-2-6-4-12(11)5-7(6)8/h6-7H,1-5,11H2/t6-,7-/m0/s1. The normalized spacial score (nSPS) is 41.2. The minimum Gasteiger partial charge on any atom is -0.269 e. The third-order valence-electron chi connectivity index (χ3n) is 3.10. The Morgan fingerprint density at radius 1 is 1.33 bits per heavy atom. The van der Waals surface area contributed by atoms with Gasteiger partial charge in [-0.2, -0.15) is 0 Å². The van der Waals surface area contributed by atoms with Crippen LogP contribution in [0.25, 0.3) is 0 Å². The van der Waals surface area contributed by atoms with E-state index in [0.29, 0.717) is 19.5 Å². The van der Waals surface area contributed by atoms with Gasteiger partial charge in [-0.15, -0.1) is 0 Å². The molecule has 1 heterocycles. The molecule has 2 nitrogen and oxygen atoms in total. The van der Waals surface area contributed by atoms with Crippen molar-refractivity contribution in [3.8, 4) is 0 Å². The van der Waals surface area contributed by atoms with Crippen LogP contribution in [0.2, 0.25) is 0 Å². The summed E-state index contributed by atoms with van der Waals surface area (Å²) < 4.78 is 26.5. The van der Waals surface area contributed by atoms with Crippen molar-refractivity contribution in [2.75, 3.05) is 13.1 Å². The number of nitrogens with two attached hydrogens (primary N) is 1. The first-order valence-corrected chi connectivity index (χ1v) is 4.47. The SMILES string of the molecule is NN1C[C@@H]2CCCC(F)(F)[C@H]2C1. The molecule has 0 unspecified atom stereocenters. The summed E-state index contributed by atoms with van der Waals surface area (Å²) in [6.45, 7) is 1.03. The van der Waals surface area contributed by atoms with Gasteiger partial charge in [-0.1, -0.05) is 0 Å². The Kier molecular flexibility index (Phi) is 1.84. The molecule has 0 aromatic heterocycles. The first kappa shape index (κ1) is 8.38. The second-order valence-electron chi connectivity index (χ2n) is 3.97. The lowest BCUT2D eigenvalue weighted by atomic mass is 9.79. The molecule has 1 aliphatic heterocycles. The van der Waals surface area contributed by atoms with E-state index in [1.807, 2.05) is 0 Å². The van der Waals surface area contributed by atoms with Gasteiger partial charge in [-0.3, -0.25) is 5.84 Å². The molecule has 2 rings (SSSR count). The maximum absolute atomic E-state index is 13.3. The van der Waals surface area contributed by atoms with Crippen LogP contribution in [0.4, 0.5) is 8.78 Å². The van der Waals surface area contributed by atoms with Crippen LogP contribution in [-0.2, 0) is 0 Å². The molecule has 0 spiro atoms. The first-order chi connectivity index (χ1) is 5.59. The zero-order valence-corrected chi connectivity index (χ0v) is 6.97. The van der Waals surface area contributed by atoms with E-state index in [1.54, 1.807) is 0 Å². The highest BCUT2D eigenvalue weighted by Crippen LogP contribution is 2.44. The van der Waals surface area contributed by atoms with Gasteiger partial charge < -0.3 is 0 Å². The summed E-state index contributed by atoms with van der Waals surface area (Å²) in [5, 5.41) is 1.54. The zero-order chi connectivity index (χ0) is 8.77. The fourth-order valence-corrected chi connectivity index (χ4v) is 2.46. The Morgan fingerprint density at radius 3 is 2.75 bits per heavy atom. The number of hydrazine groups is 1. The maximum atomic E-state index is 13.3. The molecule has 2 N–H and O–H groups in total. The lowest BCUT2D eigenvalue weighted by Gasteiger charge is -2.32. The van der Waals surface area contributed by atoms with Crippen molar-refractivity contribution in [3.05, 3.63) is 0 Å². The molecule has 2 atom stereocenters. The highest BCUT2D eigenvalue weighted by molar-refractivity contribution is 4.94. The van der Waals surface area contributed by atoms with Crippen LogP contribution in [-0.4, -0.2) is 24.0 Å². The molecule has 12 heavy (non-hydrogen) atoms. The largest absolute Gasteiger partial charge is 0.269 e. The van der Waals surface area contributed by atoms with Gasteiger partial charge in [0.05, 0.1) is 0 Å². The van der Waals surface area contributed by atoms with E-state index in [0.717, 1.165) is 6.42 Å². The van der Waals surface area contributed by atoms with Crippen molar-refractivity contribution >= 4 is 0 Å². The molecule has 1 saturated heterocycles. The average molecular weight is 176 g/mol. The molecule has 2 aliphatic rings. The third kappa shape index (κ3) is 1.23. The molecule has 0 amide bonds. The topological polar surface area (TPSA) is 29.3 Å². The van der Waals surface area contributed by atoms with Gasteiger partial charge in [0.1, 0.15) is 0 Å². The van der Waals surface area contributed by atoms with Crippen LogP contribution in [0.1, 0.15) is 19.3 Å². The average Bonchev–Trinajstić information content (AvgIpc) is 2.30. The molecule has 0 aromatic carbocycles. The van der Waals surface area contributed by atoms with Crippen molar-refractivity contribution in [2.45, 2.75) is 25.2 Å². The Bertz CT molecular complexity index is 184. The van der Waals surface area contributed by atoms with Crippen LogP contribution in [0.15, 0.2) is 0 Å². The summed E-state index contributed by atoms with van der Waals surface area (Å²) in [5.74, 6) is 2.72. The zero-order valence-electron chi connectivity index (χ0n) is 6.97. The Labute approximate surface area is 70.7 Å². The second-order valence-corrected chi connectivity index (χ2v) is 3.97. The molecule has 2 fully saturated rings. The lowest BCUT2D eigenvalue weighted by Crippen LogP contribution is -2.38. The van der Waals surface area contributed by atoms with Gasteiger partial charge in [0.2, 0.25) is 0 Å². The van der Waals surface area contributed by atoms with Gasteiger partial charge in [-0.25, -0.2) is 13.8 Å². The Morgan fingerprint density at radius 2 is 2.08 bits per heavy atom. The van der Waals surface area contributed by atoms with Crippen LogP contribution in [0.3, 0.4) is 0 Å². The number of hydrogen-bond acceptors (Lipinski definition) is 2. The minimum atomic E-state index is -2.46. The number of rotatable bonds is 0. The molecule has 0 bridgehead atoms. The van der Waals surface area contributed by atoms with E-state index in [-0.39, 0.29) is 12.3 Å². The molecule has 0 aromatic rings. The van der Waals surface area contributed by atoms with E-state index in [2.05, 4.69) is 0 Å². The van der Waals surface area contributed by atoms with E-state index in [9.17, 15) is 8.78 Å². The summed E-state index contributed by atoms with van der Waals surface area (Å²) in [4.78, 5) is 0. The lowest BCUT2D eigenvalue weighted by molar-refractivity contribution is -0.0945. The molecule has 0 radical (unpaired) electrons. The fourth-order valence-electron chi connectivity index (χ4n) is 2.46. The van der Waals surface area contributed by atoms with Crippen molar-refractivity contribution in [2.24, 2.45) is 17.7 Å². The van der Waals surface area contributed by atoms with Crippen LogP contribution < -0.4 is 5.84 Å². The number of nitrogens with zero attached hydrogens (tertiary/aromatic N) is 1. The number of hydrogen-bond donors (Lipinski definition) is 1. The Hall–Kier alpha value is -0.220. The van der Waals surface area contributed by atoms with Crippen molar-refractivity contribution in [1.82, 2.24) is 5.01 Å². The molecular weight excluding hydrogens is 162 g/mol. The number of halogens is 2. The summed E-state index contributed by atoms with van der Waals surface area (Å²) >= 11 is 0. The number of alkyl halides is 2. The smallest absolute Gasteiger partial charge is 0.252 e. The molecule has 1 saturated carbocycles. The summed E-state index contributed by atoms with van der Waals surface area (Å²) in [6.07, 6.45) is 1.64. The maximum Gasteiger partial charge on any atom is 0.252 e. The monoisotopic (exact) mass is 176 g/mol. The minimum absolute atomic E-state index is 0.0575. The first-order valence-electron chi connectivity index (χ1n) is 4.47. The second kappa shape index (κ2) is 2.64. The van der Waals surface area contributed by atoms with E-state index < -0.39 is 11.8 Å². The number of fused-ring (bicyclic) bond motifs is 1. The van der Waals surface area contributed by atoms with Gasteiger partial charge in [0.15, 0.2) is 0 Å². The summed E-state index contributed by atoms with van der Waals surface area (Å²) in [7, 11) is 0. The van der Waals surface area contributed by atoms with E-state index in [4.69, 9.17) is 5.84 Å². The highest BCUT2D eigenvalue weighted by atomic mass is 19.3. The third-order valence-corrected chi connectivity index (χ3v) is 3.10. The molecule has 1 aliphatic carbocycles. The van der Waals surface area contributed by atoms with E-state index in [1.165, 1.54) is 5.01 Å². The summed E-state index contributed by atoms with van der Waals surface area (Å²) in [5.41, 5.74) is 0. The summed E-state index contributed by atoms with van der Waals surface area (Å²) in [6, 6.07) is 0. The quantitative estimate of drug-likeness (QED) is 0.562. The highest BCUT2D eigenvalue weighted by Gasteiger charge is 2.50.